The second-order valence-corrected chi connectivity index (χ2v) is 5.45. The van der Waals surface area contributed by atoms with Gasteiger partial charge in [0.2, 0.25) is 0 Å². The Kier molecular flexibility index (Phi) is 6.16. The van der Waals surface area contributed by atoms with Crippen LogP contribution < -0.4 is 0 Å². The Morgan fingerprint density at radius 3 is 2.38 bits per heavy atom. The van der Waals surface area contributed by atoms with Crippen molar-refractivity contribution in [2.45, 2.75) is 17.9 Å². The van der Waals surface area contributed by atoms with Crippen LogP contribution in [0.5, 0.6) is 0 Å². The van der Waals surface area contributed by atoms with Crippen molar-refractivity contribution in [2.24, 2.45) is 0 Å². The van der Waals surface area contributed by atoms with Gasteiger partial charge < -0.3 is 9.64 Å². The number of nitro groups is 1. The number of carbonyl (C=O) groups excluding carboxylic acids is 2. The Labute approximate surface area is 126 Å². The van der Waals surface area contributed by atoms with Gasteiger partial charge in [0, 0.05) is 31.1 Å². The van der Waals surface area contributed by atoms with E-state index in [1.807, 2.05) is 0 Å². The molecule has 0 saturated heterocycles. The van der Waals surface area contributed by atoms with Crippen molar-refractivity contribution in [3.63, 3.8) is 0 Å². The zero-order valence-electron chi connectivity index (χ0n) is 11.9. The van der Waals surface area contributed by atoms with Crippen molar-refractivity contribution in [2.75, 3.05) is 19.8 Å². The number of nitro benzene ring substituents is 1. The van der Waals surface area contributed by atoms with Crippen LogP contribution in [-0.4, -0.2) is 47.7 Å². The van der Waals surface area contributed by atoms with Crippen LogP contribution in [0.4, 0.5) is 5.69 Å². The number of hydrogen-bond donors (Lipinski definition) is 0. The molecule has 1 aromatic rings. The summed E-state index contributed by atoms with van der Waals surface area (Å²) in [5, 5.41) is 10.5. The van der Waals surface area contributed by atoms with Crippen LogP contribution in [0.25, 0.3) is 0 Å². The predicted molar refractivity (Wildman–Crippen MR) is 78.1 cm³/mol. The number of rotatable bonds is 6. The van der Waals surface area contributed by atoms with Gasteiger partial charge in [0.25, 0.3) is 11.6 Å². The van der Waals surface area contributed by atoms with Gasteiger partial charge in [0.05, 0.1) is 10.7 Å². The van der Waals surface area contributed by atoms with Crippen LogP contribution in [0.2, 0.25) is 0 Å². The first-order chi connectivity index (χ1) is 9.81. The van der Waals surface area contributed by atoms with Gasteiger partial charge in [-0.3, -0.25) is 19.7 Å². The molecule has 0 aliphatic carbocycles. The molecule has 0 aliphatic rings. The Hall–Kier alpha value is -2.09. The van der Waals surface area contributed by atoms with Crippen molar-refractivity contribution in [1.29, 1.82) is 0 Å². The fourth-order valence-electron chi connectivity index (χ4n) is 1.45. The largest absolute Gasteiger partial charge is 0.452 e. The van der Waals surface area contributed by atoms with Gasteiger partial charge in [0.15, 0.2) is 6.10 Å². The van der Waals surface area contributed by atoms with Gasteiger partial charge in [-0.25, -0.2) is 0 Å². The summed E-state index contributed by atoms with van der Waals surface area (Å²) in [6, 6.07) is 5.85. The highest BCUT2D eigenvalue weighted by atomic mass is 32.2. The minimum atomic E-state index is -0.829. The molecule has 21 heavy (non-hydrogen) atoms. The Morgan fingerprint density at radius 2 is 1.90 bits per heavy atom. The molecule has 0 radical (unpaired) electrons. The Balaban J connectivity index is 2.46. The van der Waals surface area contributed by atoms with E-state index in [-0.39, 0.29) is 17.3 Å². The number of non-ortho nitro benzene ring substituents is 1. The van der Waals surface area contributed by atoms with Crippen LogP contribution in [-0.2, 0) is 14.3 Å². The first-order valence-electron chi connectivity index (χ1n) is 6.09. The standard InChI is InChI=1S/C13H16N2O5S/c1-9(13(17)14(2)3)20-12(16)8-21-11-6-4-10(5-7-11)15(18)19/h4-7,9H,8H2,1-3H3/t9-/m0/s1. The first-order valence-corrected chi connectivity index (χ1v) is 7.07. The third-order valence-corrected chi connectivity index (χ3v) is 3.49. The average molecular weight is 312 g/mol. The molecular formula is C13H16N2O5S. The highest BCUT2D eigenvalue weighted by Crippen LogP contribution is 2.21. The highest BCUT2D eigenvalue weighted by molar-refractivity contribution is 8.00. The molecule has 1 atom stereocenters. The summed E-state index contributed by atoms with van der Waals surface area (Å²) in [7, 11) is 3.16. The molecule has 8 heteroatoms. The molecule has 0 aromatic heterocycles. The zero-order valence-corrected chi connectivity index (χ0v) is 12.8. The van der Waals surface area contributed by atoms with Crippen LogP contribution >= 0.6 is 11.8 Å². The number of ether oxygens (including phenoxy) is 1. The molecule has 1 rings (SSSR count). The molecule has 1 amide bonds. The molecule has 0 unspecified atom stereocenters. The van der Waals surface area contributed by atoms with Gasteiger partial charge in [0.1, 0.15) is 0 Å². The molecule has 0 bridgehead atoms. The maximum atomic E-state index is 11.6. The van der Waals surface area contributed by atoms with E-state index < -0.39 is 17.0 Å². The van der Waals surface area contributed by atoms with E-state index in [1.54, 1.807) is 26.2 Å². The third-order valence-electron chi connectivity index (χ3n) is 2.50. The van der Waals surface area contributed by atoms with Gasteiger partial charge in [-0.2, -0.15) is 0 Å². The molecular weight excluding hydrogens is 296 g/mol. The molecule has 0 saturated carbocycles. The number of carbonyl (C=O) groups is 2. The number of amides is 1. The quantitative estimate of drug-likeness (QED) is 0.344. The molecule has 0 spiro atoms. The fraction of sp³-hybridized carbons (Fsp3) is 0.385. The summed E-state index contributed by atoms with van der Waals surface area (Å²) in [4.78, 5) is 35.2. The maximum Gasteiger partial charge on any atom is 0.317 e. The number of benzene rings is 1. The van der Waals surface area contributed by atoms with Gasteiger partial charge in [-0.05, 0) is 19.1 Å². The number of nitrogens with zero attached hydrogens (tertiary/aromatic N) is 2. The van der Waals surface area contributed by atoms with E-state index in [1.165, 1.54) is 35.7 Å². The average Bonchev–Trinajstić information content (AvgIpc) is 2.44. The van der Waals surface area contributed by atoms with Crippen LogP contribution in [0.15, 0.2) is 29.2 Å². The normalized spacial score (nSPS) is 11.6. The fourth-order valence-corrected chi connectivity index (χ4v) is 2.13. The van der Waals surface area contributed by atoms with Crippen molar-refractivity contribution >= 4 is 29.3 Å². The van der Waals surface area contributed by atoms with Crippen molar-refractivity contribution in [3.05, 3.63) is 34.4 Å². The van der Waals surface area contributed by atoms with Crippen LogP contribution in [0.1, 0.15) is 6.92 Å². The molecule has 0 fully saturated rings. The third kappa shape index (κ3) is 5.42. The lowest BCUT2D eigenvalue weighted by Crippen LogP contribution is -2.35. The maximum absolute atomic E-state index is 11.6. The molecule has 0 N–H and O–H groups in total. The molecule has 0 aliphatic heterocycles. The number of likely N-dealkylation sites (N-methyl/N-ethyl adjacent to an activating group) is 1. The second-order valence-electron chi connectivity index (χ2n) is 4.40. The van der Waals surface area contributed by atoms with E-state index in [2.05, 4.69) is 0 Å². The number of esters is 1. The topological polar surface area (TPSA) is 89.7 Å². The minimum Gasteiger partial charge on any atom is -0.452 e. The lowest BCUT2D eigenvalue weighted by molar-refractivity contribution is -0.384. The van der Waals surface area contributed by atoms with Crippen LogP contribution in [0.3, 0.4) is 0 Å². The van der Waals surface area contributed by atoms with Crippen LogP contribution in [0, 0.1) is 10.1 Å². The number of hydrogen-bond acceptors (Lipinski definition) is 6. The Morgan fingerprint density at radius 1 is 1.33 bits per heavy atom. The second kappa shape index (κ2) is 7.63. The van der Waals surface area contributed by atoms with Gasteiger partial charge >= 0.3 is 5.97 Å². The summed E-state index contributed by atoms with van der Waals surface area (Å²) >= 11 is 1.19. The van der Waals surface area contributed by atoms with Crippen molar-refractivity contribution in [3.8, 4) is 0 Å². The van der Waals surface area contributed by atoms with E-state index in [4.69, 9.17) is 4.74 Å². The summed E-state index contributed by atoms with van der Waals surface area (Å²) in [6.45, 7) is 1.51. The summed E-state index contributed by atoms with van der Waals surface area (Å²) in [6.07, 6.45) is -0.829. The monoisotopic (exact) mass is 312 g/mol. The van der Waals surface area contributed by atoms with Crippen molar-refractivity contribution in [1.82, 2.24) is 4.90 Å². The summed E-state index contributed by atoms with van der Waals surface area (Å²) in [5.74, 6) is -0.771. The lowest BCUT2D eigenvalue weighted by Gasteiger charge is -2.17. The minimum absolute atomic E-state index is 0.00729. The summed E-state index contributed by atoms with van der Waals surface area (Å²) < 4.78 is 5.00. The van der Waals surface area contributed by atoms with E-state index in [0.717, 1.165) is 0 Å². The zero-order chi connectivity index (χ0) is 16.0. The molecule has 7 nitrogen and oxygen atoms in total. The first kappa shape index (κ1) is 17.0. The molecule has 1 aromatic carbocycles. The van der Waals surface area contributed by atoms with E-state index >= 15 is 0 Å². The van der Waals surface area contributed by atoms with E-state index in [9.17, 15) is 19.7 Å². The molecule has 114 valence electrons. The smallest absolute Gasteiger partial charge is 0.317 e. The molecule has 0 heterocycles. The lowest BCUT2D eigenvalue weighted by atomic mass is 10.3. The van der Waals surface area contributed by atoms with Gasteiger partial charge in [-0.15, -0.1) is 11.8 Å². The number of thioether (sulfide) groups is 1. The van der Waals surface area contributed by atoms with E-state index in [0.29, 0.717) is 4.90 Å². The van der Waals surface area contributed by atoms with Crippen molar-refractivity contribution < 1.29 is 19.2 Å². The SMILES string of the molecule is C[C@H](OC(=O)CSc1ccc([N+](=O)[O-])cc1)C(=O)N(C)C. The Bertz CT molecular complexity index is 530. The van der Waals surface area contributed by atoms with Gasteiger partial charge in [-0.1, -0.05) is 0 Å². The predicted octanol–water partition coefficient (Wildman–Crippen LogP) is 1.71. The highest BCUT2D eigenvalue weighted by Gasteiger charge is 2.19. The summed E-state index contributed by atoms with van der Waals surface area (Å²) in [5.41, 5.74) is -0.00729.